The highest BCUT2D eigenvalue weighted by molar-refractivity contribution is 5.80. The van der Waals surface area contributed by atoms with Crippen molar-refractivity contribution in [1.29, 1.82) is 0 Å². The van der Waals surface area contributed by atoms with Crippen LogP contribution in [0.3, 0.4) is 0 Å². The van der Waals surface area contributed by atoms with Crippen molar-refractivity contribution in [3.05, 3.63) is 29.3 Å². The summed E-state index contributed by atoms with van der Waals surface area (Å²) in [5.74, 6) is 0.317. The van der Waals surface area contributed by atoms with E-state index in [0.29, 0.717) is 0 Å². The fraction of sp³-hybridized carbons (Fsp3) is 0.667. The van der Waals surface area contributed by atoms with Gasteiger partial charge in [0.05, 0.1) is 23.6 Å². The van der Waals surface area contributed by atoms with Crippen molar-refractivity contribution in [2.75, 3.05) is 6.54 Å². The minimum atomic E-state index is 0.0341. The summed E-state index contributed by atoms with van der Waals surface area (Å²) in [6.45, 7) is 3.78. The monoisotopic (exact) mass is 342 g/mol. The number of nitrogens with zero attached hydrogens (tertiary/aromatic N) is 6. The van der Waals surface area contributed by atoms with E-state index in [-0.39, 0.29) is 17.9 Å². The maximum atomic E-state index is 13.3. The normalized spacial score (nSPS) is 23.5. The molecule has 0 bridgehead atoms. The van der Waals surface area contributed by atoms with Crippen molar-refractivity contribution in [2.45, 2.75) is 58.0 Å². The number of rotatable bonds is 3. The van der Waals surface area contributed by atoms with Crippen LogP contribution in [0.5, 0.6) is 0 Å². The van der Waals surface area contributed by atoms with Gasteiger partial charge in [-0.2, -0.15) is 5.10 Å². The first-order valence-corrected chi connectivity index (χ1v) is 9.37. The van der Waals surface area contributed by atoms with Crippen molar-refractivity contribution in [1.82, 2.24) is 29.7 Å². The maximum absolute atomic E-state index is 13.3. The van der Waals surface area contributed by atoms with Crippen molar-refractivity contribution in [3.8, 4) is 0 Å². The Labute approximate surface area is 148 Å². The molecular formula is C18H26N6O. The topological polar surface area (TPSA) is 68.8 Å². The number of fused-ring (bicyclic) bond motifs is 1. The Bertz CT molecular complexity index is 763. The van der Waals surface area contributed by atoms with Gasteiger partial charge in [0, 0.05) is 44.2 Å². The number of carbonyl (C=O) groups excluding carboxylic acids is 1. The van der Waals surface area contributed by atoms with Gasteiger partial charge in [-0.25, -0.2) is 4.68 Å². The van der Waals surface area contributed by atoms with Gasteiger partial charge in [-0.3, -0.25) is 9.48 Å². The quantitative estimate of drug-likeness (QED) is 0.854. The Kier molecular flexibility index (Phi) is 4.31. The zero-order chi connectivity index (χ0) is 17.4. The predicted octanol–water partition coefficient (Wildman–Crippen LogP) is 1.89. The molecule has 0 spiro atoms. The van der Waals surface area contributed by atoms with Crippen LogP contribution in [-0.4, -0.2) is 42.1 Å². The Morgan fingerprint density at radius 1 is 1.32 bits per heavy atom. The van der Waals surface area contributed by atoms with Crippen molar-refractivity contribution < 1.29 is 4.79 Å². The van der Waals surface area contributed by atoms with Gasteiger partial charge in [-0.1, -0.05) is 5.21 Å². The molecule has 2 aromatic rings. The first kappa shape index (κ1) is 16.3. The lowest BCUT2D eigenvalue weighted by Gasteiger charge is -2.38. The van der Waals surface area contributed by atoms with Crippen molar-refractivity contribution in [3.63, 3.8) is 0 Å². The molecular weight excluding hydrogens is 316 g/mol. The second-order valence-corrected chi connectivity index (χ2v) is 7.23. The average Bonchev–Trinajstić information content (AvgIpc) is 3.26. The average molecular weight is 342 g/mol. The second-order valence-electron chi connectivity index (χ2n) is 7.23. The zero-order valence-corrected chi connectivity index (χ0v) is 15.1. The predicted molar refractivity (Wildman–Crippen MR) is 92.7 cm³/mol. The highest BCUT2D eigenvalue weighted by Gasteiger charge is 2.35. The fourth-order valence-electron chi connectivity index (χ4n) is 4.30. The van der Waals surface area contributed by atoms with Gasteiger partial charge in [0.1, 0.15) is 0 Å². The smallest absolute Gasteiger partial charge is 0.226 e. The summed E-state index contributed by atoms with van der Waals surface area (Å²) in [7, 11) is 1.93. The number of likely N-dealkylation sites (tertiary alicyclic amines) is 1. The molecule has 2 aliphatic rings. The molecule has 7 nitrogen and oxygen atoms in total. The Balaban J connectivity index is 1.53. The Hall–Kier alpha value is -2.18. The molecule has 1 amide bonds. The second kappa shape index (κ2) is 6.61. The molecule has 1 fully saturated rings. The highest BCUT2D eigenvalue weighted by atomic mass is 16.2. The summed E-state index contributed by atoms with van der Waals surface area (Å²) in [5, 5.41) is 12.8. The van der Waals surface area contributed by atoms with E-state index >= 15 is 0 Å². The van der Waals surface area contributed by atoms with Gasteiger partial charge in [0.25, 0.3) is 0 Å². The molecule has 0 radical (unpaired) electrons. The molecule has 2 unspecified atom stereocenters. The molecule has 134 valence electrons. The highest BCUT2D eigenvalue weighted by Crippen LogP contribution is 2.34. The number of amides is 1. The van der Waals surface area contributed by atoms with Gasteiger partial charge in [-0.15, -0.1) is 5.10 Å². The van der Waals surface area contributed by atoms with E-state index < -0.39 is 0 Å². The van der Waals surface area contributed by atoms with Gasteiger partial charge in [0.15, 0.2) is 0 Å². The summed E-state index contributed by atoms with van der Waals surface area (Å²) >= 11 is 0. The molecule has 2 aromatic heterocycles. The van der Waals surface area contributed by atoms with Crippen molar-refractivity contribution in [2.24, 2.45) is 13.0 Å². The van der Waals surface area contributed by atoms with E-state index in [2.05, 4.69) is 27.2 Å². The number of hydrogen-bond acceptors (Lipinski definition) is 4. The van der Waals surface area contributed by atoms with Crippen LogP contribution in [0.25, 0.3) is 0 Å². The van der Waals surface area contributed by atoms with Gasteiger partial charge < -0.3 is 4.90 Å². The summed E-state index contributed by atoms with van der Waals surface area (Å²) in [6.07, 6.45) is 9.76. The Morgan fingerprint density at radius 3 is 2.96 bits per heavy atom. The van der Waals surface area contributed by atoms with E-state index in [0.717, 1.165) is 56.5 Å². The first-order valence-electron chi connectivity index (χ1n) is 9.37. The van der Waals surface area contributed by atoms with E-state index in [1.165, 1.54) is 12.1 Å². The number of carbonyl (C=O) groups is 1. The van der Waals surface area contributed by atoms with Crippen LogP contribution in [0.15, 0.2) is 12.4 Å². The summed E-state index contributed by atoms with van der Waals surface area (Å²) in [5.41, 5.74) is 3.39. The maximum Gasteiger partial charge on any atom is 0.226 e. The van der Waals surface area contributed by atoms with Crippen LogP contribution >= 0.6 is 0 Å². The number of hydrogen-bond donors (Lipinski definition) is 0. The zero-order valence-electron chi connectivity index (χ0n) is 15.1. The lowest BCUT2D eigenvalue weighted by atomic mass is 9.86. The van der Waals surface area contributed by atoms with Crippen LogP contribution in [0.2, 0.25) is 0 Å². The molecule has 7 heteroatoms. The molecule has 1 saturated heterocycles. The van der Waals surface area contributed by atoms with Crippen LogP contribution < -0.4 is 0 Å². The Morgan fingerprint density at radius 2 is 2.20 bits per heavy atom. The van der Waals surface area contributed by atoms with Crippen LogP contribution in [-0.2, 0) is 31.2 Å². The van der Waals surface area contributed by atoms with Gasteiger partial charge in [-0.05, 0) is 39.0 Å². The fourth-order valence-corrected chi connectivity index (χ4v) is 4.30. The third kappa shape index (κ3) is 2.96. The molecule has 1 aliphatic heterocycles. The molecule has 25 heavy (non-hydrogen) atoms. The largest absolute Gasteiger partial charge is 0.335 e. The van der Waals surface area contributed by atoms with Crippen LogP contribution in [0.4, 0.5) is 0 Å². The lowest BCUT2D eigenvalue weighted by molar-refractivity contribution is -0.140. The number of aromatic nitrogens is 5. The third-order valence-corrected chi connectivity index (χ3v) is 5.63. The molecule has 0 saturated carbocycles. The third-order valence-electron chi connectivity index (χ3n) is 5.63. The lowest BCUT2D eigenvalue weighted by Crippen LogP contribution is -2.43. The first-order chi connectivity index (χ1) is 12.2. The molecule has 4 rings (SSSR count). The molecule has 3 heterocycles. The van der Waals surface area contributed by atoms with E-state index in [9.17, 15) is 4.79 Å². The van der Waals surface area contributed by atoms with Gasteiger partial charge in [0.2, 0.25) is 5.91 Å². The van der Waals surface area contributed by atoms with Crippen LogP contribution in [0, 0.1) is 5.92 Å². The van der Waals surface area contributed by atoms with E-state index in [4.69, 9.17) is 0 Å². The summed E-state index contributed by atoms with van der Waals surface area (Å²) in [6, 6.07) is 0.169. The molecule has 2 atom stereocenters. The molecule has 0 aromatic carbocycles. The van der Waals surface area contributed by atoms with Crippen LogP contribution in [0.1, 0.15) is 55.6 Å². The van der Waals surface area contributed by atoms with Gasteiger partial charge >= 0.3 is 0 Å². The van der Waals surface area contributed by atoms with E-state index in [1.54, 1.807) is 0 Å². The number of aryl methyl sites for hydroxylation is 2. The number of piperidine rings is 1. The standard InChI is InChI=1S/C18H26N6O/c1-3-24-17-8-7-13(10-15(17)20-21-24)18(25)23-9-5-4-6-16(23)14-11-19-22(2)12-14/h11-13,16H,3-10H2,1-2H3. The van der Waals surface area contributed by atoms with Crippen molar-refractivity contribution >= 4 is 5.91 Å². The summed E-state index contributed by atoms with van der Waals surface area (Å²) in [4.78, 5) is 15.4. The minimum Gasteiger partial charge on any atom is -0.335 e. The molecule has 1 aliphatic carbocycles. The summed E-state index contributed by atoms with van der Waals surface area (Å²) < 4.78 is 3.79. The van der Waals surface area contributed by atoms with E-state index in [1.807, 2.05) is 28.8 Å². The minimum absolute atomic E-state index is 0.0341. The SMILES string of the molecule is CCn1nnc2c1CCC(C(=O)N1CCCCC1c1cnn(C)c1)C2. The molecule has 0 N–H and O–H groups in total.